The summed E-state index contributed by atoms with van der Waals surface area (Å²) in [7, 11) is 0. The second-order valence-electron chi connectivity index (χ2n) is 5.07. The van der Waals surface area contributed by atoms with Crippen LogP contribution in [-0.2, 0) is 16.1 Å². The molecule has 0 radical (unpaired) electrons. The number of hydrogen-bond acceptors (Lipinski definition) is 3. The van der Waals surface area contributed by atoms with Crippen molar-refractivity contribution in [2.75, 3.05) is 0 Å². The Morgan fingerprint density at radius 3 is 2.60 bits per heavy atom. The maximum absolute atomic E-state index is 11.7. The van der Waals surface area contributed by atoms with Crippen molar-refractivity contribution in [3.05, 3.63) is 34.7 Å². The molecule has 1 heterocycles. The van der Waals surface area contributed by atoms with Crippen molar-refractivity contribution in [2.24, 2.45) is 5.92 Å². The largest absolute Gasteiger partial charge is 0.480 e. The molecule has 6 nitrogen and oxygen atoms in total. The lowest BCUT2D eigenvalue weighted by atomic mass is 10.0. The van der Waals surface area contributed by atoms with Crippen LogP contribution < -0.4 is 10.9 Å². The number of pyridine rings is 1. The Morgan fingerprint density at radius 2 is 2.05 bits per heavy atom. The average Bonchev–Trinajstić information content (AvgIpc) is 2.36. The molecule has 0 fully saturated rings. The van der Waals surface area contributed by atoms with Gasteiger partial charge in [0.1, 0.15) is 6.04 Å². The topological polar surface area (TPSA) is 88.4 Å². The highest BCUT2D eigenvalue weighted by molar-refractivity contribution is 5.83. The molecule has 0 saturated carbocycles. The lowest BCUT2D eigenvalue weighted by Crippen LogP contribution is -2.42. The summed E-state index contributed by atoms with van der Waals surface area (Å²) < 4.78 is 1.41. The van der Waals surface area contributed by atoms with Gasteiger partial charge in [-0.2, -0.15) is 0 Å². The fourth-order valence-corrected chi connectivity index (χ4v) is 1.83. The molecular weight excluding hydrogens is 260 g/mol. The smallest absolute Gasteiger partial charge is 0.326 e. The van der Waals surface area contributed by atoms with Crippen molar-refractivity contribution in [3.63, 3.8) is 0 Å². The summed E-state index contributed by atoms with van der Waals surface area (Å²) >= 11 is 0. The van der Waals surface area contributed by atoms with Crippen LogP contribution in [0.5, 0.6) is 0 Å². The number of carbonyl (C=O) groups excluding carboxylic acids is 1. The Morgan fingerprint density at radius 1 is 1.35 bits per heavy atom. The summed E-state index contributed by atoms with van der Waals surface area (Å²) in [5.74, 6) is -1.23. The lowest BCUT2D eigenvalue weighted by molar-refractivity contribution is -0.142. The summed E-state index contributed by atoms with van der Waals surface area (Å²) in [6, 6.07) is 3.87. The van der Waals surface area contributed by atoms with Gasteiger partial charge in [0.25, 0.3) is 5.56 Å². The molecule has 1 amide bonds. The van der Waals surface area contributed by atoms with Crippen LogP contribution in [0.25, 0.3) is 0 Å². The van der Waals surface area contributed by atoms with Crippen molar-refractivity contribution >= 4 is 11.9 Å². The molecule has 1 aromatic rings. The molecule has 1 atom stereocenters. The molecule has 0 aliphatic heterocycles. The van der Waals surface area contributed by atoms with Gasteiger partial charge in [-0.25, -0.2) is 4.79 Å². The van der Waals surface area contributed by atoms with Crippen LogP contribution >= 0.6 is 0 Å². The highest BCUT2D eigenvalue weighted by atomic mass is 16.4. The molecule has 1 rings (SSSR count). The molecule has 0 spiro atoms. The third-order valence-corrected chi connectivity index (χ3v) is 2.82. The first kappa shape index (κ1) is 15.9. The van der Waals surface area contributed by atoms with Crippen molar-refractivity contribution in [1.82, 2.24) is 9.88 Å². The van der Waals surface area contributed by atoms with Crippen LogP contribution in [-0.4, -0.2) is 27.6 Å². The van der Waals surface area contributed by atoms with Gasteiger partial charge in [-0.05, 0) is 18.4 Å². The number of carboxylic acids is 1. The van der Waals surface area contributed by atoms with Crippen LogP contribution in [0, 0.1) is 5.92 Å². The van der Waals surface area contributed by atoms with E-state index in [1.807, 2.05) is 13.8 Å². The van der Waals surface area contributed by atoms with Crippen molar-refractivity contribution in [3.8, 4) is 0 Å². The number of aliphatic carboxylic acids is 1. The fourth-order valence-electron chi connectivity index (χ4n) is 1.83. The van der Waals surface area contributed by atoms with E-state index in [1.54, 1.807) is 18.3 Å². The first-order valence-corrected chi connectivity index (χ1v) is 6.57. The van der Waals surface area contributed by atoms with Gasteiger partial charge in [0.05, 0.1) is 0 Å². The number of nitrogens with zero attached hydrogens (tertiary/aromatic N) is 1. The number of aryl methyl sites for hydroxylation is 1. The predicted octanol–water partition coefficient (Wildman–Crippen LogP) is 0.854. The molecule has 2 N–H and O–H groups in total. The molecule has 1 unspecified atom stereocenters. The number of hydrogen-bond donors (Lipinski definition) is 2. The van der Waals surface area contributed by atoms with Gasteiger partial charge in [-0.3, -0.25) is 9.59 Å². The SMILES string of the molecule is CC(C)CC(NC(=O)CCn1ccccc1=O)C(=O)O. The van der Waals surface area contributed by atoms with Gasteiger partial charge in [-0.1, -0.05) is 19.9 Å². The number of carboxylic acid groups (broad SMARTS) is 1. The zero-order valence-corrected chi connectivity index (χ0v) is 11.7. The van der Waals surface area contributed by atoms with E-state index in [4.69, 9.17) is 5.11 Å². The minimum Gasteiger partial charge on any atom is -0.480 e. The summed E-state index contributed by atoms with van der Waals surface area (Å²) in [5.41, 5.74) is -0.183. The molecule has 6 heteroatoms. The summed E-state index contributed by atoms with van der Waals surface area (Å²) in [5, 5.41) is 11.5. The van der Waals surface area contributed by atoms with Crippen molar-refractivity contribution < 1.29 is 14.7 Å². The van der Waals surface area contributed by atoms with Crippen LogP contribution in [0.3, 0.4) is 0 Å². The molecule has 1 aromatic heterocycles. The van der Waals surface area contributed by atoms with Crippen LogP contribution in [0.4, 0.5) is 0 Å². The maximum Gasteiger partial charge on any atom is 0.326 e. The Balaban J connectivity index is 2.52. The van der Waals surface area contributed by atoms with E-state index in [1.165, 1.54) is 10.6 Å². The normalized spacial score (nSPS) is 12.2. The van der Waals surface area contributed by atoms with Gasteiger partial charge in [0, 0.05) is 25.2 Å². The Labute approximate surface area is 117 Å². The highest BCUT2D eigenvalue weighted by Gasteiger charge is 2.20. The van der Waals surface area contributed by atoms with E-state index >= 15 is 0 Å². The van der Waals surface area contributed by atoms with Crippen molar-refractivity contribution in [2.45, 2.75) is 39.3 Å². The summed E-state index contributed by atoms with van der Waals surface area (Å²) in [4.78, 5) is 34.2. The fraction of sp³-hybridized carbons (Fsp3) is 0.500. The Kier molecular flexibility index (Phi) is 5.96. The second kappa shape index (κ2) is 7.47. The molecule has 110 valence electrons. The predicted molar refractivity (Wildman–Crippen MR) is 74.3 cm³/mol. The third kappa shape index (κ3) is 5.26. The monoisotopic (exact) mass is 280 g/mol. The third-order valence-electron chi connectivity index (χ3n) is 2.82. The lowest BCUT2D eigenvalue weighted by Gasteiger charge is -2.16. The van der Waals surface area contributed by atoms with Gasteiger partial charge < -0.3 is 15.0 Å². The molecule has 20 heavy (non-hydrogen) atoms. The van der Waals surface area contributed by atoms with Gasteiger partial charge in [-0.15, -0.1) is 0 Å². The number of carbonyl (C=O) groups is 2. The molecule has 0 aliphatic carbocycles. The van der Waals surface area contributed by atoms with Crippen LogP contribution in [0.15, 0.2) is 29.2 Å². The summed E-state index contributed by atoms with van der Waals surface area (Å²) in [6.07, 6.45) is 2.05. The minimum absolute atomic E-state index is 0.0752. The zero-order valence-electron chi connectivity index (χ0n) is 11.7. The van der Waals surface area contributed by atoms with Gasteiger partial charge >= 0.3 is 5.97 Å². The van der Waals surface area contributed by atoms with Crippen LogP contribution in [0.2, 0.25) is 0 Å². The first-order valence-electron chi connectivity index (χ1n) is 6.57. The van der Waals surface area contributed by atoms with E-state index in [-0.39, 0.29) is 30.3 Å². The van der Waals surface area contributed by atoms with Crippen molar-refractivity contribution in [1.29, 1.82) is 0 Å². The number of nitrogens with one attached hydrogen (secondary N) is 1. The van der Waals surface area contributed by atoms with E-state index in [9.17, 15) is 14.4 Å². The Hall–Kier alpha value is -2.11. The average molecular weight is 280 g/mol. The highest BCUT2D eigenvalue weighted by Crippen LogP contribution is 2.05. The first-order chi connectivity index (χ1) is 9.40. The molecule has 0 saturated heterocycles. The minimum atomic E-state index is -1.04. The zero-order chi connectivity index (χ0) is 15.1. The summed E-state index contributed by atoms with van der Waals surface area (Å²) in [6.45, 7) is 4.02. The molecule has 0 aromatic carbocycles. The van der Waals surface area contributed by atoms with E-state index in [2.05, 4.69) is 5.32 Å². The Bertz CT molecular complexity index is 522. The number of amides is 1. The number of aromatic nitrogens is 1. The van der Waals surface area contributed by atoms with Crippen LogP contribution in [0.1, 0.15) is 26.7 Å². The van der Waals surface area contributed by atoms with Gasteiger partial charge in [0.15, 0.2) is 0 Å². The second-order valence-corrected chi connectivity index (χ2v) is 5.07. The maximum atomic E-state index is 11.7. The van der Waals surface area contributed by atoms with E-state index in [0.29, 0.717) is 6.42 Å². The van der Waals surface area contributed by atoms with E-state index < -0.39 is 12.0 Å². The quantitative estimate of drug-likeness (QED) is 0.775. The van der Waals surface area contributed by atoms with E-state index in [0.717, 1.165) is 0 Å². The van der Waals surface area contributed by atoms with Gasteiger partial charge in [0.2, 0.25) is 5.91 Å². The molecule has 0 aliphatic rings. The molecule has 0 bridgehead atoms. The number of rotatable bonds is 7. The molecular formula is C14H20N2O4. The standard InChI is InChI=1S/C14H20N2O4/c1-10(2)9-11(14(19)20)15-12(17)6-8-16-7-4-3-5-13(16)18/h3-5,7,10-11H,6,8-9H2,1-2H3,(H,15,17)(H,19,20).